The number of phenols is 1. The lowest BCUT2D eigenvalue weighted by Crippen LogP contribution is -2.02. The number of pyridine rings is 1. The maximum Gasteiger partial charge on any atom is 0.129 e. The molecule has 2 rings (SSSR count). The number of aromatic nitrogens is 1. The van der Waals surface area contributed by atoms with Crippen LogP contribution in [-0.4, -0.2) is 17.2 Å². The second-order valence-corrected chi connectivity index (χ2v) is 4.50. The van der Waals surface area contributed by atoms with E-state index in [9.17, 15) is 5.11 Å². The van der Waals surface area contributed by atoms with E-state index in [1.54, 1.807) is 31.4 Å². The average Bonchev–Trinajstić information content (AvgIpc) is 2.39. The molecule has 0 aliphatic heterocycles. The summed E-state index contributed by atoms with van der Waals surface area (Å²) in [4.78, 5) is 4.16. The lowest BCUT2D eigenvalue weighted by Gasteiger charge is -2.11. The van der Waals surface area contributed by atoms with Crippen molar-refractivity contribution in [3.05, 3.63) is 46.7 Å². The summed E-state index contributed by atoms with van der Waals surface area (Å²) in [6.07, 6.45) is 0. The van der Waals surface area contributed by atoms with Crippen LogP contribution in [-0.2, 0) is 6.54 Å². The molecular formula is C14H15ClN2O2. The summed E-state index contributed by atoms with van der Waals surface area (Å²) < 4.78 is 5.13. The molecule has 0 radical (unpaired) electrons. The third-order valence-electron chi connectivity index (χ3n) is 2.81. The third kappa shape index (κ3) is 3.29. The molecule has 0 saturated heterocycles. The van der Waals surface area contributed by atoms with Crippen molar-refractivity contribution in [2.45, 2.75) is 13.5 Å². The van der Waals surface area contributed by atoms with Crippen LogP contribution in [0.15, 0.2) is 30.3 Å². The van der Waals surface area contributed by atoms with Crippen molar-refractivity contribution in [2.75, 3.05) is 12.4 Å². The predicted molar refractivity (Wildman–Crippen MR) is 76.0 cm³/mol. The minimum atomic E-state index is 0.230. The molecule has 0 saturated carbocycles. The largest absolute Gasteiger partial charge is 0.508 e. The van der Waals surface area contributed by atoms with Gasteiger partial charge in [-0.25, -0.2) is 4.98 Å². The molecule has 0 unspecified atom stereocenters. The van der Waals surface area contributed by atoms with Crippen LogP contribution >= 0.6 is 11.6 Å². The number of nitrogens with zero attached hydrogens (tertiary/aromatic N) is 1. The molecule has 100 valence electrons. The molecule has 4 nitrogen and oxygen atoms in total. The highest BCUT2D eigenvalue weighted by Crippen LogP contribution is 2.24. The van der Waals surface area contributed by atoms with Crippen LogP contribution in [0.5, 0.6) is 11.5 Å². The summed E-state index contributed by atoms with van der Waals surface area (Å²) >= 11 is 5.80. The minimum Gasteiger partial charge on any atom is -0.508 e. The summed E-state index contributed by atoms with van der Waals surface area (Å²) in [5.74, 6) is 0.938. The van der Waals surface area contributed by atoms with E-state index in [2.05, 4.69) is 10.3 Å². The smallest absolute Gasteiger partial charge is 0.129 e. The molecule has 2 aromatic rings. The van der Waals surface area contributed by atoms with Crippen molar-refractivity contribution in [3.63, 3.8) is 0 Å². The number of rotatable bonds is 4. The molecule has 0 bridgehead atoms. The number of methoxy groups -OCH3 is 1. The molecule has 0 fully saturated rings. The maximum atomic E-state index is 9.79. The highest BCUT2D eigenvalue weighted by atomic mass is 35.5. The van der Waals surface area contributed by atoms with Crippen LogP contribution in [0, 0.1) is 6.92 Å². The molecule has 0 aliphatic rings. The molecule has 1 heterocycles. The van der Waals surface area contributed by atoms with Crippen LogP contribution in [0.25, 0.3) is 0 Å². The highest BCUT2D eigenvalue weighted by Gasteiger charge is 2.05. The Morgan fingerprint density at radius 2 is 2.11 bits per heavy atom. The lowest BCUT2D eigenvalue weighted by atomic mass is 10.2. The Morgan fingerprint density at radius 3 is 2.79 bits per heavy atom. The molecule has 2 N–H and O–H groups in total. The molecule has 5 heteroatoms. The number of phenolic OH excluding ortho intramolecular Hbond substituents is 1. The fraction of sp³-hybridized carbons (Fsp3) is 0.214. The quantitative estimate of drug-likeness (QED) is 0.842. The van der Waals surface area contributed by atoms with Gasteiger partial charge in [-0.1, -0.05) is 11.6 Å². The first-order valence-corrected chi connectivity index (χ1v) is 6.21. The number of ether oxygens (including phenoxy) is 1. The van der Waals surface area contributed by atoms with Gasteiger partial charge in [-0.15, -0.1) is 0 Å². The molecule has 0 aliphatic carbocycles. The number of hydrogen-bond acceptors (Lipinski definition) is 4. The summed E-state index contributed by atoms with van der Waals surface area (Å²) in [6.45, 7) is 2.35. The standard InChI is InChI=1S/C14H15ClN2O2/c1-9-12(4-6-14(15)17-9)16-8-10-7-11(19-2)3-5-13(10)18/h3-7,16,18H,8H2,1-2H3. The van der Waals surface area contributed by atoms with Gasteiger partial charge < -0.3 is 15.2 Å². The van der Waals surface area contributed by atoms with Gasteiger partial charge in [0, 0.05) is 12.1 Å². The zero-order valence-corrected chi connectivity index (χ0v) is 11.5. The fourth-order valence-corrected chi connectivity index (χ4v) is 1.93. The predicted octanol–water partition coefficient (Wildman–Crippen LogP) is 3.37. The number of benzene rings is 1. The average molecular weight is 279 g/mol. The van der Waals surface area contributed by atoms with Crippen molar-refractivity contribution >= 4 is 17.3 Å². The van der Waals surface area contributed by atoms with Gasteiger partial charge in [0.15, 0.2) is 0 Å². The van der Waals surface area contributed by atoms with Gasteiger partial charge in [0.25, 0.3) is 0 Å². The van der Waals surface area contributed by atoms with Gasteiger partial charge in [0.1, 0.15) is 16.7 Å². The van der Waals surface area contributed by atoms with Gasteiger partial charge in [-0.2, -0.15) is 0 Å². The van der Waals surface area contributed by atoms with E-state index in [-0.39, 0.29) is 5.75 Å². The summed E-state index contributed by atoms with van der Waals surface area (Å²) in [7, 11) is 1.59. The molecule has 19 heavy (non-hydrogen) atoms. The topological polar surface area (TPSA) is 54.4 Å². The highest BCUT2D eigenvalue weighted by molar-refractivity contribution is 6.29. The Labute approximate surface area is 117 Å². The third-order valence-corrected chi connectivity index (χ3v) is 3.02. The van der Waals surface area contributed by atoms with Crippen molar-refractivity contribution in [1.82, 2.24) is 4.98 Å². The monoisotopic (exact) mass is 278 g/mol. The van der Waals surface area contributed by atoms with Crippen molar-refractivity contribution in [3.8, 4) is 11.5 Å². The van der Waals surface area contributed by atoms with E-state index in [1.165, 1.54) is 0 Å². The Kier molecular flexibility index (Phi) is 4.12. The van der Waals surface area contributed by atoms with E-state index in [4.69, 9.17) is 16.3 Å². The molecule has 0 spiro atoms. The van der Waals surface area contributed by atoms with Gasteiger partial charge >= 0.3 is 0 Å². The van der Waals surface area contributed by atoms with E-state index < -0.39 is 0 Å². The Morgan fingerprint density at radius 1 is 1.32 bits per heavy atom. The summed E-state index contributed by atoms with van der Waals surface area (Å²) in [6, 6.07) is 8.71. The molecule has 1 aromatic heterocycles. The van der Waals surface area contributed by atoms with Crippen LogP contribution in [0.1, 0.15) is 11.3 Å². The summed E-state index contributed by atoms with van der Waals surface area (Å²) in [5.41, 5.74) is 2.45. The Hall–Kier alpha value is -1.94. The Balaban J connectivity index is 2.14. The van der Waals surface area contributed by atoms with E-state index >= 15 is 0 Å². The number of hydrogen-bond donors (Lipinski definition) is 2. The first kappa shape index (κ1) is 13.5. The zero-order valence-electron chi connectivity index (χ0n) is 10.8. The molecular weight excluding hydrogens is 264 g/mol. The maximum absolute atomic E-state index is 9.79. The van der Waals surface area contributed by atoms with Crippen LogP contribution < -0.4 is 10.1 Å². The van der Waals surface area contributed by atoms with Gasteiger partial charge in [0.05, 0.1) is 18.5 Å². The minimum absolute atomic E-state index is 0.230. The normalized spacial score (nSPS) is 10.3. The van der Waals surface area contributed by atoms with Gasteiger partial charge in [-0.05, 0) is 37.3 Å². The van der Waals surface area contributed by atoms with Crippen LogP contribution in [0.3, 0.4) is 0 Å². The molecule has 0 amide bonds. The van der Waals surface area contributed by atoms with E-state index in [0.29, 0.717) is 17.4 Å². The second-order valence-electron chi connectivity index (χ2n) is 4.12. The van der Waals surface area contributed by atoms with Gasteiger partial charge in [0.2, 0.25) is 0 Å². The van der Waals surface area contributed by atoms with Crippen molar-refractivity contribution in [2.24, 2.45) is 0 Å². The van der Waals surface area contributed by atoms with Crippen LogP contribution in [0.2, 0.25) is 5.15 Å². The summed E-state index contributed by atoms with van der Waals surface area (Å²) in [5, 5.41) is 13.5. The zero-order chi connectivity index (χ0) is 13.8. The number of nitrogens with one attached hydrogen (secondary N) is 1. The number of halogens is 1. The van der Waals surface area contributed by atoms with Gasteiger partial charge in [-0.3, -0.25) is 0 Å². The van der Waals surface area contributed by atoms with E-state index in [1.807, 2.05) is 13.0 Å². The molecule has 0 atom stereocenters. The second kappa shape index (κ2) is 5.80. The van der Waals surface area contributed by atoms with Crippen molar-refractivity contribution in [1.29, 1.82) is 0 Å². The number of aromatic hydroxyl groups is 1. The number of aryl methyl sites for hydroxylation is 1. The first-order chi connectivity index (χ1) is 9.10. The van der Waals surface area contributed by atoms with Crippen molar-refractivity contribution < 1.29 is 9.84 Å². The Bertz CT molecular complexity index is 588. The van der Waals surface area contributed by atoms with Crippen LogP contribution in [0.4, 0.5) is 5.69 Å². The SMILES string of the molecule is COc1ccc(O)c(CNc2ccc(Cl)nc2C)c1. The fourth-order valence-electron chi connectivity index (χ4n) is 1.74. The first-order valence-electron chi connectivity index (χ1n) is 5.83. The molecule has 1 aromatic carbocycles. The van der Waals surface area contributed by atoms with E-state index in [0.717, 1.165) is 16.9 Å². The lowest BCUT2D eigenvalue weighted by molar-refractivity contribution is 0.411. The number of anilines is 1.